The first-order chi connectivity index (χ1) is 10.6. The van der Waals surface area contributed by atoms with Crippen LogP contribution in [0.5, 0.6) is 0 Å². The third-order valence-corrected chi connectivity index (χ3v) is 3.93. The van der Waals surface area contributed by atoms with Gasteiger partial charge in [-0.1, -0.05) is 30.3 Å². The van der Waals surface area contributed by atoms with Crippen molar-refractivity contribution in [3.8, 4) is 0 Å². The molecule has 0 radical (unpaired) electrons. The summed E-state index contributed by atoms with van der Waals surface area (Å²) in [6.45, 7) is 2.51. The average Bonchev–Trinajstić information content (AvgIpc) is 3.11. The molecule has 3 rings (SSSR count). The Morgan fingerprint density at radius 1 is 1.32 bits per heavy atom. The number of β-amino-alcohol motifs (C(OH)–C–C–N with tert-alkyl or cyclic N) is 1. The molecule has 0 saturated carbocycles. The molecule has 0 bridgehead atoms. The number of hydrogen-bond acceptors (Lipinski definition) is 3. The maximum atomic E-state index is 12.3. The number of nitrogens with one attached hydrogen (secondary N) is 1. The van der Waals surface area contributed by atoms with E-state index in [1.807, 2.05) is 49.4 Å². The number of aromatic amines is 1. The zero-order valence-corrected chi connectivity index (χ0v) is 12.5. The van der Waals surface area contributed by atoms with Gasteiger partial charge in [-0.3, -0.25) is 4.90 Å². The fourth-order valence-corrected chi connectivity index (χ4v) is 2.83. The lowest BCUT2D eigenvalue weighted by molar-refractivity contribution is 0.0872. The van der Waals surface area contributed by atoms with Gasteiger partial charge >= 0.3 is 6.09 Å². The Morgan fingerprint density at radius 3 is 2.77 bits per heavy atom. The Bertz CT molecular complexity index is 638. The summed E-state index contributed by atoms with van der Waals surface area (Å²) in [4.78, 5) is 17.2. The lowest BCUT2D eigenvalue weighted by Crippen LogP contribution is -2.32. The predicted octanol–water partition coefficient (Wildman–Crippen LogP) is 2.77. The largest absolute Gasteiger partial charge is 0.445 e. The molecule has 0 aliphatic carbocycles. The number of ether oxygens (including phenoxy) is 1. The second kappa shape index (κ2) is 6.23. The zero-order valence-electron chi connectivity index (χ0n) is 12.5. The van der Waals surface area contributed by atoms with Crippen molar-refractivity contribution in [2.75, 3.05) is 6.54 Å². The molecule has 0 unspecified atom stereocenters. The van der Waals surface area contributed by atoms with Crippen LogP contribution in [-0.2, 0) is 11.3 Å². The molecule has 0 spiro atoms. The van der Waals surface area contributed by atoms with Crippen molar-refractivity contribution in [2.24, 2.45) is 0 Å². The minimum Gasteiger partial charge on any atom is -0.445 e. The van der Waals surface area contributed by atoms with E-state index < -0.39 is 12.2 Å². The second-order valence-corrected chi connectivity index (χ2v) is 5.69. The van der Waals surface area contributed by atoms with Gasteiger partial charge < -0.3 is 14.8 Å². The molecular formula is C17H20N2O3. The normalized spacial score (nSPS) is 21.1. The van der Waals surface area contributed by atoms with Gasteiger partial charge in [0.2, 0.25) is 0 Å². The van der Waals surface area contributed by atoms with Crippen molar-refractivity contribution in [1.29, 1.82) is 0 Å². The van der Waals surface area contributed by atoms with E-state index in [4.69, 9.17) is 4.74 Å². The van der Waals surface area contributed by atoms with E-state index >= 15 is 0 Å². The van der Waals surface area contributed by atoms with E-state index in [0.717, 1.165) is 17.0 Å². The first-order valence-corrected chi connectivity index (χ1v) is 7.44. The minimum atomic E-state index is -0.516. The molecule has 2 atom stereocenters. The standard InChI is InChI=1S/C17H20N2O3/c1-12-7-8-15(18-12)16-9-14(20)10-19(16)17(21)22-11-13-5-3-2-4-6-13/h2-8,14,16,18,20H,9-11H2,1H3/t14-,16+/m1/s1. The van der Waals surface area contributed by atoms with Gasteiger partial charge in [0.25, 0.3) is 0 Å². The number of carbonyl (C=O) groups excluding carboxylic acids is 1. The Labute approximate surface area is 129 Å². The molecule has 1 aliphatic rings. The van der Waals surface area contributed by atoms with Gasteiger partial charge in [-0.25, -0.2) is 4.79 Å². The number of aryl methyl sites for hydroxylation is 1. The summed E-state index contributed by atoms with van der Waals surface area (Å²) in [5.41, 5.74) is 2.92. The summed E-state index contributed by atoms with van der Waals surface area (Å²) in [6.07, 6.45) is -0.379. The van der Waals surface area contributed by atoms with Gasteiger partial charge in [0, 0.05) is 17.8 Å². The number of aliphatic hydroxyl groups excluding tert-OH is 1. The molecule has 5 nitrogen and oxygen atoms in total. The highest BCUT2D eigenvalue weighted by atomic mass is 16.6. The third kappa shape index (κ3) is 3.14. The van der Waals surface area contributed by atoms with Crippen molar-refractivity contribution in [3.05, 3.63) is 59.4 Å². The number of nitrogens with zero attached hydrogens (tertiary/aromatic N) is 1. The molecule has 1 aliphatic heterocycles. The van der Waals surface area contributed by atoms with Crippen LogP contribution >= 0.6 is 0 Å². The quantitative estimate of drug-likeness (QED) is 0.916. The molecule has 1 aromatic carbocycles. The molecule has 2 N–H and O–H groups in total. The Morgan fingerprint density at radius 2 is 2.09 bits per heavy atom. The van der Waals surface area contributed by atoms with Crippen LogP contribution in [0.1, 0.15) is 29.4 Å². The number of aliphatic hydroxyl groups is 1. The van der Waals surface area contributed by atoms with Crippen LogP contribution in [-0.4, -0.2) is 33.7 Å². The number of aromatic nitrogens is 1. The van der Waals surface area contributed by atoms with Gasteiger partial charge in [-0.15, -0.1) is 0 Å². The van der Waals surface area contributed by atoms with Gasteiger partial charge in [0.05, 0.1) is 18.7 Å². The fraction of sp³-hybridized carbons (Fsp3) is 0.353. The van der Waals surface area contributed by atoms with E-state index in [1.54, 1.807) is 4.90 Å². The van der Waals surface area contributed by atoms with Crippen LogP contribution in [0, 0.1) is 6.92 Å². The molecule has 116 valence electrons. The van der Waals surface area contributed by atoms with Gasteiger partial charge in [0.15, 0.2) is 0 Å². The molecule has 2 aromatic rings. The number of carbonyl (C=O) groups is 1. The van der Waals surface area contributed by atoms with Crippen LogP contribution in [0.4, 0.5) is 4.79 Å². The van der Waals surface area contributed by atoms with E-state index in [9.17, 15) is 9.90 Å². The zero-order chi connectivity index (χ0) is 15.5. The highest BCUT2D eigenvalue weighted by Gasteiger charge is 2.36. The lowest BCUT2D eigenvalue weighted by atomic mass is 10.1. The summed E-state index contributed by atoms with van der Waals surface area (Å²) in [5.74, 6) is 0. The molecule has 1 fully saturated rings. The van der Waals surface area contributed by atoms with E-state index in [2.05, 4.69) is 4.98 Å². The molecule has 1 saturated heterocycles. The maximum absolute atomic E-state index is 12.3. The first kappa shape index (κ1) is 14.7. The highest BCUT2D eigenvalue weighted by molar-refractivity contribution is 5.69. The van der Waals surface area contributed by atoms with Crippen LogP contribution in [0.15, 0.2) is 42.5 Å². The fourth-order valence-electron chi connectivity index (χ4n) is 2.83. The maximum Gasteiger partial charge on any atom is 0.410 e. The average molecular weight is 300 g/mol. The van der Waals surface area contributed by atoms with Crippen molar-refractivity contribution < 1.29 is 14.6 Å². The summed E-state index contributed by atoms with van der Waals surface area (Å²) < 4.78 is 5.38. The number of hydrogen-bond donors (Lipinski definition) is 2. The molecule has 1 amide bonds. The Hall–Kier alpha value is -2.27. The van der Waals surface area contributed by atoms with Crippen LogP contribution in [0.3, 0.4) is 0 Å². The van der Waals surface area contributed by atoms with Crippen LogP contribution in [0.25, 0.3) is 0 Å². The smallest absolute Gasteiger partial charge is 0.410 e. The van der Waals surface area contributed by atoms with E-state index in [-0.39, 0.29) is 12.6 Å². The van der Waals surface area contributed by atoms with Gasteiger partial charge in [-0.05, 0) is 24.6 Å². The Balaban J connectivity index is 1.67. The van der Waals surface area contributed by atoms with E-state index in [1.165, 1.54) is 0 Å². The van der Waals surface area contributed by atoms with Crippen molar-refractivity contribution in [2.45, 2.75) is 32.1 Å². The summed E-state index contributed by atoms with van der Waals surface area (Å²) >= 11 is 0. The molecule has 1 aromatic heterocycles. The summed E-state index contributed by atoms with van der Waals surface area (Å²) in [5, 5.41) is 9.91. The molecule has 2 heterocycles. The topological polar surface area (TPSA) is 65.6 Å². The van der Waals surface area contributed by atoms with Crippen molar-refractivity contribution in [1.82, 2.24) is 9.88 Å². The van der Waals surface area contributed by atoms with Gasteiger partial charge in [0.1, 0.15) is 6.61 Å². The number of likely N-dealkylation sites (tertiary alicyclic amines) is 1. The number of rotatable bonds is 3. The Kier molecular flexibility index (Phi) is 4.15. The predicted molar refractivity (Wildman–Crippen MR) is 82.2 cm³/mol. The number of amides is 1. The third-order valence-electron chi connectivity index (χ3n) is 3.93. The van der Waals surface area contributed by atoms with Gasteiger partial charge in [-0.2, -0.15) is 0 Å². The van der Waals surface area contributed by atoms with Crippen molar-refractivity contribution >= 4 is 6.09 Å². The number of H-pyrrole nitrogens is 1. The molecule has 5 heteroatoms. The molecular weight excluding hydrogens is 280 g/mol. The highest BCUT2D eigenvalue weighted by Crippen LogP contribution is 2.32. The van der Waals surface area contributed by atoms with Crippen LogP contribution in [0.2, 0.25) is 0 Å². The van der Waals surface area contributed by atoms with E-state index in [0.29, 0.717) is 13.0 Å². The minimum absolute atomic E-state index is 0.160. The summed E-state index contributed by atoms with van der Waals surface area (Å²) in [7, 11) is 0. The molecule has 22 heavy (non-hydrogen) atoms. The SMILES string of the molecule is Cc1ccc([C@@H]2C[C@@H](O)CN2C(=O)OCc2ccccc2)[nH]1. The van der Waals surface area contributed by atoms with Crippen molar-refractivity contribution in [3.63, 3.8) is 0 Å². The number of benzene rings is 1. The summed E-state index contributed by atoms with van der Waals surface area (Å²) in [6, 6.07) is 13.3. The second-order valence-electron chi connectivity index (χ2n) is 5.69. The monoisotopic (exact) mass is 300 g/mol. The van der Waals surface area contributed by atoms with Crippen LogP contribution < -0.4 is 0 Å². The lowest BCUT2D eigenvalue weighted by Gasteiger charge is -2.23. The first-order valence-electron chi connectivity index (χ1n) is 7.44.